The van der Waals surface area contributed by atoms with E-state index >= 15 is 0 Å². The lowest BCUT2D eigenvalue weighted by molar-refractivity contribution is -0.132. The van der Waals surface area contributed by atoms with Crippen LogP contribution in [0.2, 0.25) is 0 Å². The summed E-state index contributed by atoms with van der Waals surface area (Å²) >= 11 is 0. The monoisotopic (exact) mass is 281 g/mol. The molecule has 0 rings (SSSR count). The number of nitrogens with zero attached hydrogens (tertiary/aromatic N) is 1. The lowest BCUT2D eigenvalue weighted by Gasteiger charge is -2.18. The fraction of sp³-hybridized carbons (Fsp3) is 0.923. The van der Waals surface area contributed by atoms with E-state index in [2.05, 4.69) is 36.4 Å². The molecule has 0 aromatic heterocycles. The first-order chi connectivity index (χ1) is 8.64. The van der Waals surface area contributed by atoms with Gasteiger partial charge in [0.2, 0.25) is 0 Å². The van der Waals surface area contributed by atoms with E-state index in [9.17, 15) is 13.2 Å². The highest BCUT2D eigenvalue weighted by atomic mass is 19.4. The Hall–Kier alpha value is -0.940. The number of hydrogen-bond donors (Lipinski definition) is 2. The van der Waals surface area contributed by atoms with Gasteiger partial charge in [0, 0.05) is 20.1 Å². The molecule has 0 atom stereocenters. The number of rotatable bonds is 6. The number of guanidine groups is 1. The second-order valence-electron chi connectivity index (χ2n) is 5.81. The second kappa shape index (κ2) is 8.27. The summed E-state index contributed by atoms with van der Waals surface area (Å²) in [7, 11) is 1.55. The minimum absolute atomic E-state index is 0.148. The van der Waals surface area contributed by atoms with Crippen LogP contribution in [0.4, 0.5) is 13.2 Å². The minimum Gasteiger partial charge on any atom is -0.356 e. The highest BCUT2D eigenvalue weighted by Gasteiger charge is 2.26. The molecule has 0 aliphatic rings. The van der Waals surface area contributed by atoms with Crippen molar-refractivity contribution in [3.63, 3.8) is 0 Å². The smallest absolute Gasteiger partial charge is 0.356 e. The molecule has 0 fully saturated rings. The summed E-state index contributed by atoms with van der Waals surface area (Å²) in [6.45, 7) is 7.15. The normalized spacial score (nSPS) is 13.5. The van der Waals surface area contributed by atoms with Gasteiger partial charge in [-0.1, -0.05) is 27.2 Å². The van der Waals surface area contributed by atoms with Gasteiger partial charge in [-0.05, 0) is 18.3 Å². The Balaban J connectivity index is 3.67. The second-order valence-corrected chi connectivity index (χ2v) is 5.81. The van der Waals surface area contributed by atoms with Crippen LogP contribution >= 0.6 is 0 Å². The van der Waals surface area contributed by atoms with Gasteiger partial charge in [-0.2, -0.15) is 13.2 Å². The maximum Gasteiger partial charge on any atom is 0.390 e. The molecule has 0 spiro atoms. The summed E-state index contributed by atoms with van der Waals surface area (Å²) < 4.78 is 35.9. The zero-order chi connectivity index (χ0) is 14.9. The highest BCUT2D eigenvalue weighted by molar-refractivity contribution is 5.79. The third kappa shape index (κ3) is 13.3. The van der Waals surface area contributed by atoms with Crippen LogP contribution in [0.15, 0.2) is 4.99 Å². The van der Waals surface area contributed by atoms with Gasteiger partial charge < -0.3 is 10.6 Å². The first-order valence-electron chi connectivity index (χ1n) is 6.65. The molecular weight excluding hydrogens is 255 g/mol. The number of hydrogen-bond acceptors (Lipinski definition) is 1. The van der Waals surface area contributed by atoms with Crippen molar-refractivity contribution in [2.75, 3.05) is 20.1 Å². The average Bonchev–Trinajstić information content (AvgIpc) is 2.23. The Bertz CT molecular complexity index is 267. The summed E-state index contributed by atoms with van der Waals surface area (Å²) in [5, 5.41) is 5.67. The molecule has 6 heteroatoms. The highest BCUT2D eigenvalue weighted by Crippen LogP contribution is 2.21. The summed E-state index contributed by atoms with van der Waals surface area (Å²) in [6, 6.07) is 0. The largest absolute Gasteiger partial charge is 0.390 e. The number of unbranched alkanes of at least 4 members (excludes halogenated alkanes) is 1. The predicted molar refractivity (Wildman–Crippen MR) is 73.3 cm³/mol. The number of aliphatic imine (C=N–C) groups is 1. The Morgan fingerprint density at radius 2 is 1.53 bits per heavy atom. The van der Waals surface area contributed by atoms with Crippen LogP contribution in [-0.4, -0.2) is 32.3 Å². The van der Waals surface area contributed by atoms with Crippen molar-refractivity contribution in [2.24, 2.45) is 10.4 Å². The summed E-state index contributed by atoms with van der Waals surface area (Å²) in [5.74, 6) is 0.431. The first-order valence-corrected chi connectivity index (χ1v) is 6.65. The van der Waals surface area contributed by atoms with Crippen molar-refractivity contribution in [3.8, 4) is 0 Å². The van der Waals surface area contributed by atoms with Gasteiger partial charge in [0.05, 0.1) is 6.42 Å². The van der Waals surface area contributed by atoms with Crippen LogP contribution in [0.25, 0.3) is 0 Å². The van der Waals surface area contributed by atoms with Crippen LogP contribution in [-0.2, 0) is 0 Å². The van der Waals surface area contributed by atoms with Crippen molar-refractivity contribution in [1.82, 2.24) is 10.6 Å². The topological polar surface area (TPSA) is 36.4 Å². The zero-order valence-electron chi connectivity index (χ0n) is 12.3. The summed E-state index contributed by atoms with van der Waals surface area (Å²) in [4.78, 5) is 3.88. The first kappa shape index (κ1) is 18.1. The third-order valence-corrected chi connectivity index (χ3v) is 2.57. The number of nitrogens with one attached hydrogen (secondary N) is 2. The molecule has 0 amide bonds. The molecule has 0 saturated heterocycles. The van der Waals surface area contributed by atoms with Crippen LogP contribution < -0.4 is 10.6 Å². The number of alkyl halides is 3. The molecule has 0 unspecified atom stereocenters. The molecule has 0 radical (unpaired) electrons. The van der Waals surface area contributed by atoms with E-state index in [1.807, 2.05) is 0 Å². The van der Waals surface area contributed by atoms with Crippen molar-refractivity contribution in [3.05, 3.63) is 0 Å². The van der Waals surface area contributed by atoms with E-state index in [0.29, 0.717) is 11.4 Å². The summed E-state index contributed by atoms with van der Waals surface area (Å²) in [5.41, 5.74) is 0.326. The standard InChI is InChI=1S/C13H26F3N3/c1-12(2,3)7-5-6-9-18-11(17-4)19-10-8-13(14,15)16/h5-10H2,1-4H3,(H2,17,18,19). The van der Waals surface area contributed by atoms with E-state index in [4.69, 9.17) is 0 Å². The van der Waals surface area contributed by atoms with E-state index in [1.54, 1.807) is 7.05 Å². The van der Waals surface area contributed by atoms with Gasteiger partial charge in [-0.3, -0.25) is 4.99 Å². The van der Waals surface area contributed by atoms with Crippen molar-refractivity contribution in [1.29, 1.82) is 0 Å². The quantitative estimate of drug-likeness (QED) is 0.445. The Labute approximate surface area is 114 Å². The van der Waals surface area contributed by atoms with Crippen LogP contribution in [0.1, 0.15) is 46.5 Å². The maximum absolute atomic E-state index is 12.0. The molecule has 3 nitrogen and oxygen atoms in total. The van der Waals surface area contributed by atoms with Gasteiger partial charge in [0.1, 0.15) is 0 Å². The van der Waals surface area contributed by atoms with E-state index in [-0.39, 0.29) is 6.54 Å². The molecule has 0 heterocycles. The third-order valence-electron chi connectivity index (χ3n) is 2.57. The Kier molecular flexibility index (Phi) is 7.87. The molecule has 0 bridgehead atoms. The lowest BCUT2D eigenvalue weighted by atomic mass is 9.90. The molecule has 0 aromatic carbocycles. The number of halogens is 3. The van der Waals surface area contributed by atoms with E-state index in [1.165, 1.54) is 0 Å². The molecule has 114 valence electrons. The molecule has 2 N–H and O–H groups in total. The zero-order valence-corrected chi connectivity index (χ0v) is 12.3. The summed E-state index contributed by atoms with van der Waals surface area (Å²) in [6.07, 6.45) is -1.77. The average molecular weight is 281 g/mol. The predicted octanol–water partition coefficient (Wildman–Crippen LogP) is 3.32. The van der Waals surface area contributed by atoms with Gasteiger partial charge in [0.15, 0.2) is 5.96 Å². The van der Waals surface area contributed by atoms with E-state index < -0.39 is 12.6 Å². The molecule has 0 saturated carbocycles. The van der Waals surface area contributed by atoms with Gasteiger partial charge in [0.25, 0.3) is 0 Å². The van der Waals surface area contributed by atoms with Crippen molar-refractivity contribution < 1.29 is 13.2 Å². The van der Waals surface area contributed by atoms with E-state index in [0.717, 1.165) is 25.8 Å². The molecule has 19 heavy (non-hydrogen) atoms. The van der Waals surface area contributed by atoms with Crippen LogP contribution in [0, 0.1) is 5.41 Å². The van der Waals surface area contributed by atoms with Crippen molar-refractivity contribution >= 4 is 5.96 Å². The fourth-order valence-corrected chi connectivity index (χ4v) is 1.53. The Morgan fingerprint density at radius 1 is 0.947 bits per heavy atom. The lowest BCUT2D eigenvalue weighted by Crippen LogP contribution is -2.39. The molecule has 0 aliphatic carbocycles. The minimum atomic E-state index is -4.13. The molecule has 0 aromatic rings. The fourth-order valence-electron chi connectivity index (χ4n) is 1.53. The van der Waals surface area contributed by atoms with Gasteiger partial charge >= 0.3 is 6.18 Å². The van der Waals surface area contributed by atoms with Gasteiger partial charge in [-0.25, -0.2) is 0 Å². The van der Waals surface area contributed by atoms with Crippen LogP contribution in [0.3, 0.4) is 0 Å². The van der Waals surface area contributed by atoms with Gasteiger partial charge in [-0.15, -0.1) is 0 Å². The Morgan fingerprint density at radius 3 is 2.00 bits per heavy atom. The van der Waals surface area contributed by atoms with Crippen molar-refractivity contribution in [2.45, 2.75) is 52.6 Å². The molecular formula is C13H26F3N3. The van der Waals surface area contributed by atoms with Crippen LogP contribution in [0.5, 0.6) is 0 Å². The maximum atomic E-state index is 12.0. The molecule has 0 aliphatic heterocycles. The SMILES string of the molecule is CN=C(NCCCCC(C)(C)C)NCCC(F)(F)F.